The molecule has 3 heterocycles. The van der Waals surface area contributed by atoms with E-state index >= 15 is 0 Å². The standard InChI is InChI=1S/C35H28FN3O4/c1-22-10-8-15-25(18-22)30-28-29(32(41)37(31(28)40)21-24-13-6-3-7-14-24)35(20-23-11-4-2-5-12-23)33(42)38(34(43)39(30)35)27-17-9-16-26(36)19-27/h2-19,28-30H,20-21H2,1H3/t28-,29-,30-,35-/m1/s1. The minimum absolute atomic E-state index is 0.0198. The number of anilines is 1. The number of rotatable bonds is 6. The van der Waals surface area contributed by atoms with E-state index in [0.717, 1.165) is 27.7 Å². The number of imide groups is 2. The van der Waals surface area contributed by atoms with Gasteiger partial charge in [0, 0.05) is 6.42 Å². The molecule has 4 aromatic rings. The Balaban J connectivity index is 1.45. The summed E-state index contributed by atoms with van der Waals surface area (Å²) in [6.07, 6.45) is 0.0198. The first-order valence-electron chi connectivity index (χ1n) is 14.2. The molecule has 0 N–H and O–H groups in total. The van der Waals surface area contributed by atoms with E-state index in [1.807, 2.05) is 91.9 Å². The van der Waals surface area contributed by atoms with E-state index < -0.39 is 53.0 Å². The van der Waals surface area contributed by atoms with Gasteiger partial charge in [0.05, 0.1) is 30.1 Å². The van der Waals surface area contributed by atoms with Gasteiger partial charge in [0.15, 0.2) is 0 Å². The van der Waals surface area contributed by atoms with Crippen LogP contribution in [-0.2, 0) is 27.3 Å². The second kappa shape index (κ2) is 10.0. The van der Waals surface area contributed by atoms with Gasteiger partial charge in [-0.3, -0.25) is 19.3 Å². The maximum absolute atomic E-state index is 14.8. The van der Waals surface area contributed by atoms with Gasteiger partial charge >= 0.3 is 6.03 Å². The Morgan fingerprint density at radius 1 is 0.744 bits per heavy atom. The number of urea groups is 1. The number of hydrogen-bond acceptors (Lipinski definition) is 4. The molecule has 3 saturated heterocycles. The SMILES string of the molecule is Cc1cccc([C@@H]2[C@@H]3C(=O)N(Cc4ccccc4)C(=O)[C@@H]3[C@]3(Cc4ccccc4)C(=O)N(c4cccc(F)c4)C(=O)N23)c1. The van der Waals surface area contributed by atoms with Crippen LogP contribution in [0.2, 0.25) is 0 Å². The molecular weight excluding hydrogens is 545 g/mol. The minimum atomic E-state index is -1.71. The zero-order valence-corrected chi connectivity index (χ0v) is 23.4. The van der Waals surface area contributed by atoms with Gasteiger partial charge in [-0.05, 0) is 41.8 Å². The quantitative estimate of drug-likeness (QED) is 0.227. The Labute approximate surface area is 248 Å². The second-order valence-electron chi connectivity index (χ2n) is 11.5. The molecule has 0 unspecified atom stereocenters. The number of hydrogen-bond donors (Lipinski definition) is 0. The van der Waals surface area contributed by atoms with Crippen LogP contribution in [0.3, 0.4) is 0 Å². The number of amides is 5. The molecule has 3 aliphatic rings. The van der Waals surface area contributed by atoms with Crippen LogP contribution in [-0.4, -0.2) is 39.1 Å². The Morgan fingerprint density at radius 2 is 1.42 bits per heavy atom. The van der Waals surface area contributed by atoms with Crippen molar-refractivity contribution in [2.75, 3.05) is 4.90 Å². The molecule has 0 radical (unpaired) electrons. The average molecular weight is 574 g/mol. The Morgan fingerprint density at radius 3 is 2.09 bits per heavy atom. The molecule has 0 bridgehead atoms. The minimum Gasteiger partial charge on any atom is -0.300 e. The van der Waals surface area contributed by atoms with Crippen molar-refractivity contribution < 1.29 is 23.6 Å². The molecule has 8 heteroatoms. The fourth-order valence-electron chi connectivity index (χ4n) is 7.20. The smallest absolute Gasteiger partial charge is 0.300 e. The van der Waals surface area contributed by atoms with Crippen molar-refractivity contribution in [3.63, 3.8) is 0 Å². The summed E-state index contributed by atoms with van der Waals surface area (Å²) in [6, 6.07) is 29.6. The van der Waals surface area contributed by atoms with E-state index in [2.05, 4.69) is 0 Å². The van der Waals surface area contributed by atoms with Gasteiger partial charge < -0.3 is 4.90 Å². The first-order chi connectivity index (χ1) is 20.8. The summed E-state index contributed by atoms with van der Waals surface area (Å²) in [5.41, 5.74) is 1.46. The summed E-state index contributed by atoms with van der Waals surface area (Å²) >= 11 is 0. The number of carbonyl (C=O) groups is 4. The molecule has 43 heavy (non-hydrogen) atoms. The van der Waals surface area contributed by atoms with Crippen molar-refractivity contribution in [1.29, 1.82) is 0 Å². The average Bonchev–Trinajstić information content (AvgIpc) is 3.52. The van der Waals surface area contributed by atoms with Crippen LogP contribution in [0.1, 0.15) is 28.3 Å². The van der Waals surface area contributed by atoms with Crippen LogP contribution < -0.4 is 4.90 Å². The lowest BCUT2D eigenvalue weighted by Crippen LogP contribution is -2.55. The summed E-state index contributed by atoms with van der Waals surface area (Å²) in [5.74, 6) is -4.24. The van der Waals surface area contributed by atoms with Crippen molar-refractivity contribution in [2.45, 2.75) is 31.5 Å². The molecule has 4 atom stereocenters. The summed E-state index contributed by atoms with van der Waals surface area (Å²) in [6.45, 7) is 1.97. The van der Waals surface area contributed by atoms with Crippen molar-refractivity contribution in [2.24, 2.45) is 11.8 Å². The van der Waals surface area contributed by atoms with Gasteiger partial charge in [-0.1, -0.05) is 96.6 Å². The van der Waals surface area contributed by atoms with Crippen LogP contribution in [0.4, 0.5) is 14.9 Å². The summed E-state index contributed by atoms with van der Waals surface area (Å²) < 4.78 is 14.4. The van der Waals surface area contributed by atoms with E-state index in [4.69, 9.17) is 0 Å². The number of nitrogens with zero attached hydrogens (tertiary/aromatic N) is 3. The molecule has 0 saturated carbocycles. The largest absolute Gasteiger partial charge is 0.332 e. The van der Waals surface area contributed by atoms with Gasteiger partial charge in [0.1, 0.15) is 11.4 Å². The second-order valence-corrected chi connectivity index (χ2v) is 11.5. The number of fused-ring (bicyclic) bond motifs is 3. The van der Waals surface area contributed by atoms with Gasteiger partial charge in [-0.2, -0.15) is 0 Å². The Bertz CT molecular complexity index is 1780. The van der Waals surface area contributed by atoms with Crippen molar-refractivity contribution in [3.05, 3.63) is 137 Å². The molecule has 0 spiro atoms. The molecule has 0 aromatic heterocycles. The highest BCUT2D eigenvalue weighted by atomic mass is 19.1. The number of halogens is 1. The third-order valence-electron chi connectivity index (χ3n) is 8.93. The highest BCUT2D eigenvalue weighted by Crippen LogP contribution is 2.60. The van der Waals surface area contributed by atoms with Crippen molar-refractivity contribution >= 4 is 29.4 Å². The van der Waals surface area contributed by atoms with E-state index in [-0.39, 0.29) is 18.7 Å². The zero-order valence-electron chi connectivity index (χ0n) is 23.4. The van der Waals surface area contributed by atoms with Gasteiger partial charge in [0.25, 0.3) is 5.91 Å². The molecule has 3 fully saturated rings. The van der Waals surface area contributed by atoms with E-state index in [1.165, 1.54) is 28.0 Å². The molecular formula is C35H28FN3O4. The lowest BCUT2D eigenvalue weighted by atomic mass is 9.75. The zero-order chi connectivity index (χ0) is 29.9. The van der Waals surface area contributed by atoms with Crippen LogP contribution in [0.5, 0.6) is 0 Å². The molecule has 7 nitrogen and oxygen atoms in total. The van der Waals surface area contributed by atoms with Crippen LogP contribution >= 0.6 is 0 Å². The Kier molecular flexibility index (Phi) is 6.23. The third kappa shape index (κ3) is 4.00. The molecule has 3 aliphatic heterocycles. The van der Waals surface area contributed by atoms with E-state index in [9.17, 15) is 23.6 Å². The summed E-state index contributed by atoms with van der Waals surface area (Å²) in [7, 11) is 0. The molecule has 7 rings (SSSR count). The third-order valence-corrected chi connectivity index (χ3v) is 8.93. The maximum atomic E-state index is 14.8. The predicted octanol–water partition coefficient (Wildman–Crippen LogP) is 5.44. The highest BCUT2D eigenvalue weighted by molar-refractivity contribution is 6.27. The van der Waals surface area contributed by atoms with Crippen molar-refractivity contribution in [3.8, 4) is 0 Å². The summed E-state index contributed by atoms with van der Waals surface area (Å²) in [4.78, 5) is 61.7. The van der Waals surface area contributed by atoms with Crippen LogP contribution in [0.15, 0.2) is 109 Å². The number of likely N-dealkylation sites (tertiary alicyclic amines) is 1. The molecule has 0 aliphatic carbocycles. The molecule has 5 amide bonds. The normalized spacial score (nSPS) is 24.6. The predicted molar refractivity (Wildman–Crippen MR) is 157 cm³/mol. The fourth-order valence-corrected chi connectivity index (χ4v) is 7.20. The van der Waals surface area contributed by atoms with Crippen LogP contribution in [0, 0.1) is 24.6 Å². The monoisotopic (exact) mass is 573 g/mol. The molecule has 4 aromatic carbocycles. The maximum Gasteiger partial charge on any atom is 0.332 e. The van der Waals surface area contributed by atoms with Gasteiger partial charge in [0.2, 0.25) is 11.8 Å². The number of carbonyl (C=O) groups excluding carboxylic acids is 4. The first kappa shape index (κ1) is 26.8. The summed E-state index contributed by atoms with van der Waals surface area (Å²) in [5, 5.41) is 0. The lowest BCUT2D eigenvalue weighted by molar-refractivity contribution is -0.144. The lowest BCUT2D eigenvalue weighted by Gasteiger charge is -2.35. The first-order valence-corrected chi connectivity index (χ1v) is 14.2. The number of aryl methyl sites for hydroxylation is 1. The van der Waals surface area contributed by atoms with E-state index in [0.29, 0.717) is 5.56 Å². The van der Waals surface area contributed by atoms with Gasteiger partial charge in [-0.15, -0.1) is 0 Å². The highest BCUT2D eigenvalue weighted by Gasteiger charge is 2.77. The number of benzene rings is 4. The fraction of sp³-hybridized carbons (Fsp3) is 0.200. The topological polar surface area (TPSA) is 78.0 Å². The van der Waals surface area contributed by atoms with Crippen molar-refractivity contribution in [1.82, 2.24) is 9.80 Å². The molecule has 214 valence electrons. The van der Waals surface area contributed by atoms with Crippen LogP contribution in [0.25, 0.3) is 0 Å². The van der Waals surface area contributed by atoms with E-state index in [1.54, 1.807) is 0 Å². The van der Waals surface area contributed by atoms with Gasteiger partial charge in [-0.25, -0.2) is 14.1 Å². The Hall–Kier alpha value is -5.11.